The average molecular weight is 366 g/mol. The van der Waals surface area contributed by atoms with Crippen molar-refractivity contribution in [3.8, 4) is 6.07 Å². The number of hydrogen-bond donors (Lipinski definition) is 1. The summed E-state index contributed by atoms with van der Waals surface area (Å²) in [4.78, 5) is 7.13. The SMILES string of the molecule is N#Cc1ccc(Cn2c(N3CCC[C@H](N)C3)nc3ccc(Cl)cc32)cc1. The van der Waals surface area contributed by atoms with Gasteiger partial charge < -0.3 is 15.2 Å². The van der Waals surface area contributed by atoms with Gasteiger partial charge in [-0.1, -0.05) is 23.7 Å². The van der Waals surface area contributed by atoms with Crippen LogP contribution < -0.4 is 10.6 Å². The van der Waals surface area contributed by atoms with Crippen LogP contribution in [0.2, 0.25) is 5.02 Å². The second kappa shape index (κ2) is 6.99. The fraction of sp³-hybridized carbons (Fsp3) is 0.300. The summed E-state index contributed by atoms with van der Waals surface area (Å²) in [7, 11) is 0. The van der Waals surface area contributed by atoms with Crippen LogP contribution in [0.15, 0.2) is 42.5 Å². The van der Waals surface area contributed by atoms with Crippen molar-refractivity contribution in [2.24, 2.45) is 5.73 Å². The van der Waals surface area contributed by atoms with E-state index in [-0.39, 0.29) is 6.04 Å². The number of nitriles is 1. The number of aromatic nitrogens is 2. The van der Waals surface area contributed by atoms with Crippen molar-refractivity contribution in [2.75, 3.05) is 18.0 Å². The van der Waals surface area contributed by atoms with E-state index in [4.69, 9.17) is 27.6 Å². The van der Waals surface area contributed by atoms with Crippen LogP contribution in [0.5, 0.6) is 0 Å². The van der Waals surface area contributed by atoms with E-state index < -0.39 is 0 Å². The number of hydrogen-bond acceptors (Lipinski definition) is 4. The molecule has 4 rings (SSSR count). The third-order valence-electron chi connectivity index (χ3n) is 4.85. The topological polar surface area (TPSA) is 70.9 Å². The minimum absolute atomic E-state index is 0.176. The van der Waals surface area contributed by atoms with Gasteiger partial charge in [0.05, 0.1) is 29.2 Å². The lowest BCUT2D eigenvalue weighted by Crippen LogP contribution is -2.44. The first kappa shape index (κ1) is 16.9. The molecule has 1 aromatic heterocycles. The number of fused-ring (bicyclic) bond motifs is 1. The number of imidazole rings is 1. The third kappa shape index (κ3) is 3.26. The summed E-state index contributed by atoms with van der Waals surface area (Å²) < 4.78 is 2.20. The molecule has 132 valence electrons. The quantitative estimate of drug-likeness (QED) is 0.770. The van der Waals surface area contributed by atoms with Crippen molar-refractivity contribution < 1.29 is 0 Å². The van der Waals surface area contributed by atoms with Crippen LogP contribution in [0.4, 0.5) is 5.95 Å². The third-order valence-corrected chi connectivity index (χ3v) is 5.09. The summed E-state index contributed by atoms with van der Waals surface area (Å²) in [6.45, 7) is 2.44. The summed E-state index contributed by atoms with van der Waals surface area (Å²) in [6, 6.07) is 15.8. The Morgan fingerprint density at radius 2 is 2.04 bits per heavy atom. The van der Waals surface area contributed by atoms with Gasteiger partial charge in [0.25, 0.3) is 0 Å². The van der Waals surface area contributed by atoms with Crippen molar-refractivity contribution in [1.82, 2.24) is 9.55 Å². The van der Waals surface area contributed by atoms with E-state index in [2.05, 4.69) is 15.5 Å². The lowest BCUT2D eigenvalue weighted by Gasteiger charge is -2.32. The molecule has 0 amide bonds. The van der Waals surface area contributed by atoms with Crippen LogP contribution >= 0.6 is 11.6 Å². The predicted molar refractivity (Wildman–Crippen MR) is 104 cm³/mol. The van der Waals surface area contributed by atoms with Crippen molar-refractivity contribution >= 4 is 28.6 Å². The molecule has 1 saturated heterocycles. The molecular formula is C20H20ClN5. The molecule has 0 bridgehead atoms. The second-order valence-electron chi connectivity index (χ2n) is 6.79. The van der Waals surface area contributed by atoms with Gasteiger partial charge >= 0.3 is 0 Å². The fourth-order valence-corrected chi connectivity index (χ4v) is 3.71. The largest absolute Gasteiger partial charge is 0.341 e. The summed E-state index contributed by atoms with van der Waals surface area (Å²) in [5, 5.41) is 9.69. The molecule has 1 aliphatic heterocycles. The minimum atomic E-state index is 0.176. The van der Waals surface area contributed by atoms with Crippen LogP contribution in [-0.2, 0) is 6.54 Å². The Bertz CT molecular complexity index is 970. The van der Waals surface area contributed by atoms with E-state index in [0.29, 0.717) is 17.1 Å². The number of halogens is 1. The Morgan fingerprint density at radius 3 is 2.77 bits per heavy atom. The van der Waals surface area contributed by atoms with Gasteiger partial charge in [-0.15, -0.1) is 0 Å². The molecule has 0 spiro atoms. The van der Waals surface area contributed by atoms with Gasteiger partial charge in [-0.3, -0.25) is 0 Å². The molecule has 0 unspecified atom stereocenters. The predicted octanol–water partition coefficient (Wildman–Crippen LogP) is 3.54. The monoisotopic (exact) mass is 365 g/mol. The molecule has 2 aromatic carbocycles. The number of benzene rings is 2. The molecule has 0 saturated carbocycles. The highest BCUT2D eigenvalue weighted by molar-refractivity contribution is 6.31. The first-order valence-corrected chi connectivity index (χ1v) is 9.17. The van der Waals surface area contributed by atoms with Crippen molar-refractivity contribution in [3.05, 3.63) is 58.6 Å². The van der Waals surface area contributed by atoms with Gasteiger partial charge in [0.15, 0.2) is 0 Å². The van der Waals surface area contributed by atoms with Crippen molar-refractivity contribution in [1.29, 1.82) is 5.26 Å². The molecule has 5 nitrogen and oxygen atoms in total. The Morgan fingerprint density at radius 1 is 1.23 bits per heavy atom. The molecule has 1 fully saturated rings. The Kier molecular flexibility index (Phi) is 4.54. The average Bonchev–Trinajstić information content (AvgIpc) is 3.00. The number of piperidine rings is 1. The van der Waals surface area contributed by atoms with Gasteiger partial charge in [-0.2, -0.15) is 5.26 Å². The van der Waals surface area contributed by atoms with Gasteiger partial charge in [0.2, 0.25) is 5.95 Å². The fourth-order valence-electron chi connectivity index (χ4n) is 3.54. The zero-order valence-corrected chi connectivity index (χ0v) is 15.2. The Balaban J connectivity index is 1.77. The number of rotatable bonds is 3. The first-order valence-electron chi connectivity index (χ1n) is 8.79. The molecule has 2 heterocycles. The van der Waals surface area contributed by atoms with Crippen LogP contribution in [0.25, 0.3) is 11.0 Å². The van der Waals surface area contributed by atoms with Gasteiger partial charge in [0, 0.05) is 24.2 Å². The molecular weight excluding hydrogens is 346 g/mol. The van der Waals surface area contributed by atoms with Crippen LogP contribution in [0.1, 0.15) is 24.0 Å². The molecule has 2 N–H and O–H groups in total. The zero-order chi connectivity index (χ0) is 18.1. The summed E-state index contributed by atoms with van der Waals surface area (Å²) >= 11 is 6.24. The van der Waals surface area contributed by atoms with Gasteiger partial charge in [-0.05, 0) is 48.7 Å². The van der Waals surface area contributed by atoms with E-state index in [1.807, 2.05) is 42.5 Å². The molecule has 3 aromatic rings. The number of nitrogens with two attached hydrogens (primary N) is 1. The van der Waals surface area contributed by atoms with E-state index in [1.54, 1.807) is 0 Å². The number of anilines is 1. The minimum Gasteiger partial charge on any atom is -0.341 e. The standard InChI is InChI=1S/C20H20ClN5/c21-16-7-8-18-19(10-16)26(12-15-5-3-14(11-22)4-6-15)20(24-18)25-9-1-2-17(23)13-25/h3-8,10,17H,1-2,9,12-13,23H2/t17-/m0/s1. The normalized spacial score (nSPS) is 17.4. The lowest BCUT2D eigenvalue weighted by molar-refractivity contribution is 0.495. The molecule has 6 heteroatoms. The number of nitrogens with zero attached hydrogens (tertiary/aromatic N) is 4. The van der Waals surface area contributed by atoms with E-state index in [9.17, 15) is 0 Å². The second-order valence-corrected chi connectivity index (χ2v) is 7.22. The molecule has 1 aliphatic rings. The van der Waals surface area contributed by atoms with Crippen molar-refractivity contribution in [3.63, 3.8) is 0 Å². The van der Waals surface area contributed by atoms with E-state index >= 15 is 0 Å². The Labute approximate surface area is 157 Å². The first-order chi connectivity index (χ1) is 12.6. The molecule has 1 atom stereocenters. The van der Waals surface area contributed by atoms with Crippen molar-refractivity contribution in [2.45, 2.75) is 25.4 Å². The maximum absolute atomic E-state index is 9.00. The molecule has 0 radical (unpaired) electrons. The zero-order valence-electron chi connectivity index (χ0n) is 14.4. The highest BCUT2D eigenvalue weighted by Gasteiger charge is 2.22. The summed E-state index contributed by atoms with van der Waals surface area (Å²) in [5.74, 6) is 0.932. The van der Waals surface area contributed by atoms with Crippen LogP contribution in [0.3, 0.4) is 0 Å². The summed E-state index contributed by atoms with van der Waals surface area (Å²) in [5.41, 5.74) is 9.90. The Hall–Kier alpha value is -2.55. The van der Waals surface area contributed by atoms with Gasteiger partial charge in [-0.25, -0.2) is 4.98 Å². The summed E-state index contributed by atoms with van der Waals surface area (Å²) in [6.07, 6.45) is 2.13. The molecule has 0 aliphatic carbocycles. The highest BCUT2D eigenvalue weighted by atomic mass is 35.5. The maximum atomic E-state index is 9.00. The van der Waals surface area contributed by atoms with Gasteiger partial charge in [0.1, 0.15) is 0 Å². The van der Waals surface area contributed by atoms with Crippen LogP contribution in [-0.4, -0.2) is 28.7 Å². The van der Waals surface area contributed by atoms with E-state index in [1.165, 1.54) is 0 Å². The maximum Gasteiger partial charge on any atom is 0.206 e. The van der Waals surface area contributed by atoms with E-state index in [0.717, 1.165) is 48.5 Å². The highest BCUT2D eigenvalue weighted by Crippen LogP contribution is 2.28. The molecule has 26 heavy (non-hydrogen) atoms. The lowest BCUT2D eigenvalue weighted by atomic mass is 10.1. The van der Waals surface area contributed by atoms with Crippen LogP contribution in [0, 0.1) is 11.3 Å². The smallest absolute Gasteiger partial charge is 0.206 e.